The van der Waals surface area contributed by atoms with Crippen LogP contribution < -0.4 is 5.32 Å². The molecular weight excluding hydrogens is 198 g/mol. The predicted molar refractivity (Wildman–Crippen MR) is 66.2 cm³/mol. The largest absolute Gasteiger partial charge is 0.307 e. The Kier molecular flexibility index (Phi) is 3.26. The predicted octanol–water partition coefficient (Wildman–Crippen LogP) is 1.65. The average molecular weight is 219 g/mol. The fourth-order valence-corrected chi connectivity index (χ4v) is 2.64. The molecule has 1 aliphatic heterocycles. The lowest BCUT2D eigenvalue weighted by Gasteiger charge is -2.42. The van der Waals surface area contributed by atoms with Gasteiger partial charge in [0.2, 0.25) is 0 Å². The number of piperazine rings is 1. The van der Waals surface area contributed by atoms with Crippen LogP contribution in [0.1, 0.15) is 26.3 Å². The Morgan fingerprint density at radius 1 is 1.44 bits per heavy atom. The van der Waals surface area contributed by atoms with Crippen molar-refractivity contribution in [3.8, 4) is 0 Å². The molecule has 1 unspecified atom stereocenters. The molecule has 88 valence electrons. The molecule has 0 saturated carbocycles. The van der Waals surface area contributed by atoms with Gasteiger partial charge in [-0.05, 0) is 38.5 Å². The molecule has 0 spiro atoms. The summed E-state index contributed by atoms with van der Waals surface area (Å²) in [5, 5.41) is 3.62. The van der Waals surface area contributed by atoms with E-state index < -0.39 is 0 Å². The number of nitrogens with zero attached hydrogens (tertiary/aromatic N) is 2. The van der Waals surface area contributed by atoms with Crippen LogP contribution in [0, 0.1) is 0 Å². The Morgan fingerprint density at radius 2 is 2.12 bits per heavy atom. The molecule has 1 aromatic rings. The standard InChI is InChI=1S/C13H21N3/c1-11-8-16(10-13(2,3)15-11)9-12-4-6-14-7-5-12/h4-7,11,15H,8-10H2,1-3H3. The van der Waals surface area contributed by atoms with Crippen LogP contribution in [-0.2, 0) is 6.54 Å². The lowest BCUT2D eigenvalue weighted by molar-refractivity contribution is 0.117. The molecule has 1 atom stereocenters. The van der Waals surface area contributed by atoms with Crippen LogP contribution in [0.2, 0.25) is 0 Å². The minimum Gasteiger partial charge on any atom is -0.307 e. The number of rotatable bonds is 2. The van der Waals surface area contributed by atoms with E-state index in [2.05, 4.69) is 48.1 Å². The Labute approximate surface area is 97.9 Å². The molecule has 1 saturated heterocycles. The van der Waals surface area contributed by atoms with Crippen molar-refractivity contribution in [1.82, 2.24) is 15.2 Å². The van der Waals surface area contributed by atoms with Gasteiger partial charge in [-0.2, -0.15) is 0 Å². The van der Waals surface area contributed by atoms with Crippen molar-refractivity contribution >= 4 is 0 Å². The van der Waals surface area contributed by atoms with Gasteiger partial charge in [0.05, 0.1) is 0 Å². The zero-order valence-electron chi connectivity index (χ0n) is 10.4. The average Bonchev–Trinajstić information content (AvgIpc) is 2.15. The minimum absolute atomic E-state index is 0.213. The van der Waals surface area contributed by atoms with E-state index >= 15 is 0 Å². The maximum atomic E-state index is 4.05. The zero-order valence-corrected chi connectivity index (χ0v) is 10.4. The van der Waals surface area contributed by atoms with E-state index in [-0.39, 0.29) is 5.54 Å². The molecule has 1 aromatic heterocycles. The van der Waals surface area contributed by atoms with Crippen molar-refractivity contribution in [2.45, 2.75) is 38.9 Å². The van der Waals surface area contributed by atoms with Gasteiger partial charge < -0.3 is 5.32 Å². The van der Waals surface area contributed by atoms with Crippen molar-refractivity contribution in [3.05, 3.63) is 30.1 Å². The smallest absolute Gasteiger partial charge is 0.0271 e. The maximum absolute atomic E-state index is 4.05. The lowest BCUT2D eigenvalue weighted by atomic mass is 9.99. The highest BCUT2D eigenvalue weighted by molar-refractivity contribution is 5.10. The highest BCUT2D eigenvalue weighted by Crippen LogP contribution is 2.16. The third kappa shape index (κ3) is 3.03. The Balaban J connectivity index is 2.00. The number of pyridine rings is 1. The van der Waals surface area contributed by atoms with Crippen molar-refractivity contribution in [1.29, 1.82) is 0 Å². The summed E-state index contributed by atoms with van der Waals surface area (Å²) < 4.78 is 0. The Hall–Kier alpha value is -0.930. The van der Waals surface area contributed by atoms with Gasteiger partial charge in [-0.15, -0.1) is 0 Å². The van der Waals surface area contributed by atoms with Gasteiger partial charge in [-0.1, -0.05) is 0 Å². The van der Waals surface area contributed by atoms with Crippen molar-refractivity contribution in [2.24, 2.45) is 0 Å². The number of hydrogen-bond donors (Lipinski definition) is 1. The lowest BCUT2D eigenvalue weighted by Crippen LogP contribution is -2.60. The third-order valence-corrected chi connectivity index (χ3v) is 2.94. The number of hydrogen-bond acceptors (Lipinski definition) is 3. The minimum atomic E-state index is 0.213. The van der Waals surface area contributed by atoms with Gasteiger partial charge in [0.25, 0.3) is 0 Å². The maximum Gasteiger partial charge on any atom is 0.0271 e. The second-order valence-corrected chi connectivity index (χ2v) is 5.45. The van der Waals surface area contributed by atoms with Crippen LogP contribution in [0.5, 0.6) is 0 Å². The van der Waals surface area contributed by atoms with Crippen LogP contribution in [-0.4, -0.2) is 34.6 Å². The summed E-state index contributed by atoms with van der Waals surface area (Å²) in [7, 11) is 0. The molecule has 1 N–H and O–H groups in total. The molecule has 2 rings (SSSR count). The summed E-state index contributed by atoms with van der Waals surface area (Å²) in [6.07, 6.45) is 3.73. The number of nitrogens with one attached hydrogen (secondary N) is 1. The quantitative estimate of drug-likeness (QED) is 0.820. The summed E-state index contributed by atoms with van der Waals surface area (Å²) in [6, 6.07) is 4.75. The van der Waals surface area contributed by atoms with Crippen LogP contribution >= 0.6 is 0 Å². The summed E-state index contributed by atoms with van der Waals surface area (Å²) in [6.45, 7) is 10.0. The van der Waals surface area contributed by atoms with E-state index in [1.54, 1.807) is 0 Å². The first-order valence-corrected chi connectivity index (χ1v) is 5.94. The fourth-order valence-electron chi connectivity index (χ4n) is 2.64. The summed E-state index contributed by atoms with van der Waals surface area (Å²) in [5.41, 5.74) is 1.56. The molecule has 0 radical (unpaired) electrons. The van der Waals surface area contributed by atoms with Gasteiger partial charge in [-0.3, -0.25) is 9.88 Å². The van der Waals surface area contributed by atoms with Crippen molar-refractivity contribution in [3.63, 3.8) is 0 Å². The van der Waals surface area contributed by atoms with E-state index in [1.165, 1.54) is 5.56 Å². The van der Waals surface area contributed by atoms with Gasteiger partial charge in [-0.25, -0.2) is 0 Å². The number of aromatic nitrogens is 1. The van der Waals surface area contributed by atoms with E-state index in [0.717, 1.165) is 19.6 Å². The van der Waals surface area contributed by atoms with Crippen molar-refractivity contribution in [2.75, 3.05) is 13.1 Å². The van der Waals surface area contributed by atoms with E-state index in [0.29, 0.717) is 6.04 Å². The molecule has 2 heterocycles. The van der Waals surface area contributed by atoms with E-state index in [1.807, 2.05) is 12.4 Å². The second kappa shape index (κ2) is 4.52. The molecule has 3 heteroatoms. The molecule has 16 heavy (non-hydrogen) atoms. The Morgan fingerprint density at radius 3 is 2.75 bits per heavy atom. The van der Waals surface area contributed by atoms with Crippen molar-refractivity contribution < 1.29 is 0 Å². The van der Waals surface area contributed by atoms with Gasteiger partial charge >= 0.3 is 0 Å². The van der Waals surface area contributed by atoms with Gasteiger partial charge in [0, 0.05) is 43.6 Å². The molecule has 0 aliphatic carbocycles. The molecule has 0 amide bonds. The highest BCUT2D eigenvalue weighted by atomic mass is 15.2. The summed E-state index contributed by atoms with van der Waals surface area (Å²) >= 11 is 0. The van der Waals surface area contributed by atoms with Gasteiger partial charge in [0.1, 0.15) is 0 Å². The molecule has 0 bridgehead atoms. The normalized spacial score (nSPS) is 25.6. The molecular formula is C13H21N3. The van der Waals surface area contributed by atoms with Crippen LogP contribution in [0.25, 0.3) is 0 Å². The summed E-state index contributed by atoms with van der Waals surface area (Å²) in [4.78, 5) is 6.56. The van der Waals surface area contributed by atoms with Crippen LogP contribution in [0.3, 0.4) is 0 Å². The van der Waals surface area contributed by atoms with E-state index in [4.69, 9.17) is 0 Å². The zero-order chi connectivity index (χ0) is 11.6. The van der Waals surface area contributed by atoms with Gasteiger partial charge in [0.15, 0.2) is 0 Å². The van der Waals surface area contributed by atoms with Crippen LogP contribution in [0.4, 0.5) is 0 Å². The first kappa shape index (κ1) is 11.6. The SMILES string of the molecule is CC1CN(Cc2ccncc2)CC(C)(C)N1. The monoisotopic (exact) mass is 219 g/mol. The molecule has 3 nitrogen and oxygen atoms in total. The molecule has 1 aliphatic rings. The second-order valence-electron chi connectivity index (χ2n) is 5.45. The topological polar surface area (TPSA) is 28.2 Å². The first-order valence-electron chi connectivity index (χ1n) is 5.94. The highest BCUT2D eigenvalue weighted by Gasteiger charge is 2.29. The first-order chi connectivity index (χ1) is 7.55. The molecule has 1 fully saturated rings. The summed E-state index contributed by atoms with van der Waals surface area (Å²) in [5.74, 6) is 0. The third-order valence-electron chi connectivity index (χ3n) is 2.94. The Bertz CT molecular complexity index is 334. The van der Waals surface area contributed by atoms with Crippen LogP contribution in [0.15, 0.2) is 24.5 Å². The molecule has 0 aromatic carbocycles. The fraction of sp³-hybridized carbons (Fsp3) is 0.615. The van der Waals surface area contributed by atoms with E-state index in [9.17, 15) is 0 Å².